The highest BCUT2D eigenvalue weighted by atomic mass is 35.5. The van der Waals surface area contributed by atoms with Crippen molar-refractivity contribution in [2.75, 3.05) is 29.9 Å². The number of aromatic nitrogens is 3. The lowest BCUT2D eigenvalue weighted by atomic mass is 10.1. The molecule has 164 valence electrons. The van der Waals surface area contributed by atoms with Gasteiger partial charge in [0, 0.05) is 38.9 Å². The summed E-state index contributed by atoms with van der Waals surface area (Å²) in [5.41, 5.74) is 3.20. The summed E-state index contributed by atoms with van der Waals surface area (Å²) in [4.78, 5) is 26.1. The molecule has 0 saturated carbocycles. The number of halogens is 1. The summed E-state index contributed by atoms with van der Waals surface area (Å²) in [6.45, 7) is 6.17. The molecule has 7 nitrogen and oxygen atoms in total. The predicted octanol–water partition coefficient (Wildman–Crippen LogP) is 4.71. The van der Waals surface area contributed by atoms with Crippen molar-refractivity contribution in [2.45, 2.75) is 39.2 Å². The van der Waals surface area contributed by atoms with E-state index in [0.717, 1.165) is 29.7 Å². The van der Waals surface area contributed by atoms with Gasteiger partial charge in [0.2, 0.25) is 5.95 Å². The molecule has 0 aliphatic carbocycles. The van der Waals surface area contributed by atoms with Gasteiger partial charge in [-0.1, -0.05) is 31.0 Å². The van der Waals surface area contributed by atoms with Gasteiger partial charge in [0.1, 0.15) is 5.82 Å². The minimum Gasteiger partial charge on any atom is -0.352 e. The average molecular weight is 441 g/mol. The Morgan fingerprint density at radius 2 is 2.13 bits per heavy atom. The van der Waals surface area contributed by atoms with E-state index in [0.29, 0.717) is 30.6 Å². The van der Waals surface area contributed by atoms with E-state index in [2.05, 4.69) is 45.3 Å². The van der Waals surface area contributed by atoms with Crippen LogP contribution in [-0.2, 0) is 13.5 Å². The van der Waals surface area contributed by atoms with Crippen molar-refractivity contribution in [3.8, 4) is 0 Å². The molecule has 1 N–H and O–H groups in total. The number of pyridine rings is 1. The maximum atomic E-state index is 13.0. The number of rotatable bonds is 5. The Labute approximate surface area is 188 Å². The molecule has 2 aromatic heterocycles. The predicted molar refractivity (Wildman–Crippen MR) is 126 cm³/mol. The molecule has 8 heteroatoms. The number of nitrogens with zero attached hydrogens (tertiary/aromatic N) is 5. The van der Waals surface area contributed by atoms with E-state index in [9.17, 15) is 4.79 Å². The Bertz CT molecular complexity index is 1080. The van der Waals surface area contributed by atoms with Crippen molar-refractivity contribution >= 4 is 40.4 Å². The standard InChI is InChI=1S/C23H29ClN6O/c1-4-5-7-17-9-10-20-19(14-17)26-22(28(20)3)27-23(31)30-13-12-29(15-16(30)2)21-18(24)8-6-11-25-21/h6,8-11,14,16H,4-5,7,12-13,15H2,1-3H3,(H,26,27,31)/t16-/m1/s1. The van der Waals surface area contributed by atoms with Gasteiger partial charge in [-0.2, -0.15) is 0 Å². The second-order valence-electron chi connectivity index (χ2n) is 8.15. The molecule has 1 aromatic carbocycles. The van der Waals surface area contributed by atoms with E-state index in [1.807, 2.05) is 35.6 Å². The third kappa shape index (κ3) is 4.46. The van der Waals surface area contributed by atoms with Gasteiger partial charge in [-0.3, -0.25) is 5.32 Å². The maximum Gasteiger partial charge on any atom is 0.324 e. The van der Waals surface area contributed by atoms with Crippen LogP contribution >= 0.6 is 11.6 Å². The largest absolute Gasteiger partial charge is 0.352 e. The zero-order chi connectivity index (χ0) is 22.0. The topological polar surface area (TPSA) is 66.3 Å². The molecule has 1 atom stereocenters. The van der Waals surface area contributed by atoms with Crippen LogP contribution in [0.3, 0.4) is 0 Å². The second kappa shape index (κ2) is 9.14. The monoisotopic (exact) mass is 440 g/mol. The lowest BCUT2D eigenvalue weighted by molar-refractivity contribution is 0.184. The van der Waals surface area contributed by atoms with E-state index < -0.39 is 0 Å². The summed E-state index contributed by atoms with van der Waals surface area (Å²) in [5, 5.41) is 3.64. The molecule has 0 bridgehead atoms. The summed E-state index contributed by atoms with van der Waals surface area (Å²) in [7, 11) is 1.93. The Morgan fingerprint density at radius 3 is 2.87 bits per heavy atom. The zero-order valence-corrected chi connectivity index (χ0v) is 19.1. The molecule has 2 amide bonds. The molecule has 3 aromatic rings. The number of carbonyl (C=O) groups excluding carboxylic acids is 1. The van der Waals surface area contributed by atoms with Gasteiger partial charge in [-0.05, 0) is 49.6 Å². The molecule has 1 aliphatic rings. The third-order valence-corrected chi connectivity index (χ3v) is 6.20. The van der Waals surface area contributed by atoms with Gasteiger partial charge in [-0.25, -0.2) is 14.8 Å². The second-order valence-corrected chi connectivity index (χ2v) is 8.56. The number of hydrogen-bond donors (Lipinski definition) is 1. The maximum absolute atomic E-state index is 13.0. The highest BCUT2D eigenvalue weighted by Crippen LogP contribution is 2.26. The minimum atomic E-state index is -0.135. The van der Waals surface area contributed by atoms with E-state index in [-0.39, 0.29) is 12.1 Å². The van der Waals surface area contributed by atoms with Crippen LogP contribution in [0.2, 0.25) is 5.02 Å². The molecule has 0 unspecified atom stereocenters. The van der Waals surface area contributed by atoms with Crippen LogP contribution in [0.25, 0.3) is 11.0 Å². The van der Waals surface area contributed by atoms with Crippen LogP contribution in [0.1, 0.15) is 32.3 Å². The number of imidazole rings is 1. The molecule has 3 heterocycles. The first-order valence-corrected chi connectivity index (χ1v) is 11.2. The molecule has 4 rings (SSSR count). The van der Waals surface area contributed by atoms with Crippen LogP contribution in [0.4, 0.5) is 16.6 Å². The molecule has 1 aliphatic heterocycles. The number of anilines is 2. The Kier molecular flexibility index (Phi) is 6.32. The van der Waals surface area contributed by atoms with Crippen LogP contribution in [0, 0.1) is 0 Å². The van der Waals surface area contributed by atoms with E-state index in [1.165, 1.54) is 12.0 Å². The molecule has 0 spiro atoms. The lowest BCUT2D eigenvalue weighted by Crippen LogP contribution is -2.55. The van der Waals surface area contributed by atoms with E-state index in [4.69, 9.17) is 11.6 Å². The molecule has 0 radical (unpaired) electrons. The minimum absolute atomic E-state index is 0.0159. The quantitative estimate of drug-likeness (QED) is 0.624. The van der Waals surface area contributed by atoms with Gasteiger partial charge in [-0.15, -0.1) is 0 Å². The summed E-state index contributed by atoms with van der Waals surface area (Å²) in [5.74, 6) is 1.33. The summed E-state index contributed by atoms with van der Waals surface area (Å²) in [6.07, 6.45) is 5.12. The Morgan fingerprint density at radius 1 is 1.29 bits per heavy atom. The van der Waals surface area contributed by atoms with E-state index in [1.54, 1.807) is 6.20 Å². The lowest BCUT2D eigenvalue weighted by Gasteiger charge is -2.40. The van der Waals surface area contributed by atoms with Crippen molar-refractivity contribution in [3.05, 3.63) is 47.1 Å². The first-order chi connectivity index (χ1) is 15.0. The molecular weight excluding hydrogens is 412 g/mol. The Balaban J connectivity index is 1.45. The van der Waals surface area contributed by atoms with Gasteiger partial charge in [0.15, 0.2) is 0 Å². The smallest absolute Gasteiger partial charge is 0.324 e. The van der Waals surface area contributed by atoms with Crippen molar-refractivity contribution in [1.29, 1.82) is 0 Å². The van der Waals surface area contributed by atoms with Crippen molar-refractivity contribution in [1.82, 2.24) is 19.4 Å². The summed E-state index contributed by atoms with van der Waals surface area (Å²) < 4.78 is 1.94. The first-order valence-electron chi connectivity index (χ1n) is 10.9. The van der Waals surface area contributed by atoms with Crippen LogP contribution in [-0.4, -0.2) is 51.1 Å². The highest BCUT2D eigenvalue weighted by Gasteiger charge is 2.29. The van der Waals surface area contributed by atoms with Gasteiger partial charge >= 0.3 is 6.03 Å². The van der Waals surface area contributed by atoms with E-state index >= 15 is 0 Å². The third-order valence-electron chi connectivity index (χ3n) is 5.91. The fraction of sp³-hybridized carbons (Fsp3) is 0.435. The Hall–Kier alpha value is -2.80. The molecule has 1 fully saturated rings. The summed E-state index contributed by atoms with van der Waals surface area (Å²) in [6, 6.07) is 9.90. The van der Waals surface area contributed by atoms with Crippen LogP contribution < -0.4 is 10.2 Å². The van der Waals surface area contributed by atoms with Crippen molar-refractivity contribution < 1.29 is 4.79 Å². The normalized spacial score (nSPS) is 16.7. The number of benzene rings is 1. The first kappa shape index (κ1) is 21.4. The van der Waals surface area contributed by atoms with Crippen molar-refractivity contribution in [2.24, 2.45) is 7.05 Å². The number of fused-ring (bicyclic) bond motifs is 1. The molecular formula is C23H29ClN6O. The van der Waals surface area contributed by atoms with Gasteiger partial charge < -0.3 is 14.4 Å². The SMILES string of the molecule is CCCCc1ccc2c(c1)nc(NC(=O)N1CCN(c3ncccc3Cl)C[C@H]1C)n2C. The number of unbranched alkanes of at least 4 members (excludes halogenated alkanes) is 1. The van der Waals surface area contributed by atoms with Gasteiger partial charge in [0.05, 0.1) is 16.1 Å². The number of nitrogens with one attached hydrogen (secondary N) is 1. The number of piperazine rings is 1. The number of amides is 2. The number of carbonyl (C=O) groups is 1. The summed E-state index contributed by atoms with van der Waals surface area (Å²) >= 11 is 6.30. The van der Waals surface area contributed by atoms with Crippen LogP contribution in [0.5, 0.6) is 0 Å². The number of aryl methyl sites for hydroxylation is 2. The molecule has 1 saturated heterocycles. The molecule has 31 heavy (non-hydrogen) atoms. The fourth-order valence-corrected chi connectivity index (χ4v) is 4.36. The van der Waals surface area contributed by atoms with Crippen molar-refractivity contribution in [3.63, 3.8) is 0 Å². The average Bonchev–Trinajstić information content (AvgIpc) is 3.07. The highest BCUT2D eigenvalue weighted by molar-refractivity contribution is 6.32. The zero-order valence-electron chi connectivity index (χ0n) is 18.3. The number of hydrogen-bond acceptors (Lipinski definition) is 4. The number of urea groups is 1. The van der Waals surface area contributed by atoms with Gasteiger partial charge in [0.25, 0.3) is 0 Å². The fourth-order valence-electron chi connectivity index (χ4n) is 4.12. The van der Waals surface area contributed by atoms with Crippen LogP contribution in [0.15, 0.2) is 36.5 Å².